The van der Waals surface area contributed by atoms with Crippen LogP contribution in [0.5, 0.6) is 0 Å². The summed E-state index contributed by atoms with van der Waals surface area (Å²) < 4.78 is 24.0. The molecule has 0 aromatic rings. The van der Waals surface area contributed by atoms with Gasteiger partial charge in [-0.15, -0.1) is 0 Å². The maximum Gasteiger partial charge on any atom is 0.239 e. The van der Waals surface area contributed by atoms with Gasteiger partial charge in [0.15, 0.2) is 0 Å². The van der Waals surface area contributed by atoms with Gasteiger partial charge in [0.1, 0.15) is 0 Å². The highest BCUT2D eigenvalue weighted by Crippen LogP contribution is 2.10. The fraction of sp³-hybridized carbons (Fsp3) is 0.900. The summed E-state index contributed by atoms with van der Waals surface area (Å²) in [6, 6.07) is -0.505. The van der Waals surface area contributed by atoms with Crippen LogP contribution < -0.4 is 10.5 Å². The lowest BCUT2D eigenvalue weighted by molar-refractivity contribution is -0.131. The molecule has 1 saturated heterocycles. The zero-order valence-corrected chi connectivity index (χ0v) is 11.0. The van der Waals surface area contributed by atoms with Crippen LogP contribution >= 0.6 is 0 Å². The molecule has 1 aliphatic heterocycles. The summed E-state index contributed by atoms with van der Waals surface area (Å²) >= 11 is 0. The fourth-order valence-corrected chi connectivity index (χ4v) is 2.39. The molecule has 1 heterocycles. The quantitative estimate of drug-likeness (QED) is 0.618. The molecule has 1 aliphatic rings. The second-order valence-corrected chi connectivity index (χ2v) is 6.28. The van der Waals surface area contributed by atoms with E-state index in [1.54, 1.807) is 4.90 Å². The Hall–Kier alpha value is -0.660. The number of carbonyl (C=O) groups excluding carboxylic acids is 1. The van der Waals surface area contributed by atoms with Crippen molar-refractivity contribution in [3.8, 4) is 0 Å². The molecule has 0 radical (unpaired) electrons. The summed E-state index contributed by atoms with van der Waals surface area (Å²) in [5.74, 6) is -0.0122. The molecule has 0 aromatic heterocycles. The van der Waals surface area contributed by atoms with Crippen LogP contribution in [0.25, 0.3) is 0 Å². The van der Waals surface area contributed by atoms with Crippen LogP contribution in [0.1, 0.15) is 25.7 Å². The first-order valence-corrected chi connectivity index (χ1v) is 7.78. The Morgan fingerprint density at radius 2 is 2.00 bits per heavy atom. The lowest BCUT2D eigenvalue weighted by atomic mass is 10.1. The van der Waals surface area contributed by atoms with Gasteiger partial charge in [0, 0.05) is 19.6 Å². The third-order valence-electron chi connectivity index (χ3n) is 2.79. The van der Waals surface area contributed by atoms with Gasteiger partial charge in [-0.2, -0.15) is 0 Å². The summed E-state index contributed by atoms with van der Waals surface area (Å²) in [5.41, 5.74) is 5.78. The van der Waals surface area contributed by atoms with E-state index in [0.29, 0.717) is 19.4 Å². The second kappa shape index (κ2) is 6.32. The molecule has 1 fully saturated rings. The Balaban J connectivity index is 2.20. The third kappa shape index (κ3) is 5.47. The van der Waals surface area contributed by atoms with E-state index in [1.165, 1.54) is 0 Å². The lowest BCUT2D eigenvalue weighted by Gasteiger charge is -2.20. The summed E-state index contributed by atoms with van der Waals surface area (Å²) in [6.45, 7) is 1.93. The van der Waals surface area contributed by atoms with Crippen LogP contribution in [0.4, 0.5) is 0 Å². The second-order valence-electron chi connectivity index (χ2n) is 4.45. The zero-order chi connectivity index (χ0) is 12.9. The average molecular weight is 263 g/mol. The van der Waals surface area contributed by atoms with Gasteiger partial charge in [0.2, 0.25) is 15.9 Å². The smallest absolute Gasteiger partial charge is 0.239 e. The number of carbonyl (C=O) groups is 1. The first-order valence-electron chi connectivity index (χ1n) is 5.89. The standard InChI is InChI=1S/C10H21N3O3S/c1-17(15,16)12-6-4-5-9(11)10(14)13-7-2-3-8-13/h9,12H,2-8,11H2,1H3/t9-/m0/s1. The van der Waals surface area contributed by atoms with E-state index in [4.69, 9.17) is 5.73 Å². The Morgan fingerprint density at radius 1 is 1.41 bits per heavy atom. The molecule has 0 spiro atoms. The van der Waals surface area contributed by atoms with Gasteiger partial charge in [-0.3, -0.25) is 4.79 Å². The Bertz CT molecular complexity index is 350. The highest BCUT2D eigenvalue weighted by atomic mass is 32.2. The third-order valence-corrected chi connectivity index (χ3v) is 3.52. The maximum absolute atomic E-state index is 11.8. The van der Waals surface area contributed by atoms with Gasteiger partial charge in [-0.25, -0.2) is 13.1 Å². The number of nitrogens with one attached hydrogen (secondary N) is 1. The molecular formula is C10H21N3O3S. The highest BCUT2D eigenvalue weighted by molar-refractivity contribution is 7.88. The fourth-order valence-electron chi connectivity index (χ4n) is 1.88. The molecule has 100 valence electrons. The number of amides is 1. The molecule has 0 aromatic carbocycles. The summed E-state index contributed by atoms with van der Waals surface area (Å²) in [5, 5.41) is 0. The van der Waals surface area contributed by atoms with E-state index in [1.807, 2.05) is 0 Å². The Labute approximate surface area is 103 Å². The SMILES string of the molecule is CS(=O)(=O)NCCC[C@H](N)C(=O)N1CCCC1. The predicted octanol–water partition coefficient (Wildman–Crippen LogP) is -0.734. The lowest BCUT2D eigenvalue weighted by Crippen LogP contribution is -2.42. The average Bonchev–Trinajstić information content (AvgIpc) is 2.74. The first-order chi connectivity index (χ1) is 7.90. The van der Waals surface area contributed by atoms with Crippen LogP contribution in [0.2, 0.25) is 0 Å². The molecule has 0 aliphatic carbocycles. The minimum atomic E-state index is -3.14. The molecule has 0 unspecified atom stereocenters. The topological polar surface area (TPSA) is 92.5 Å². The molecule has 1 atom stereocenters. The number of sulfonamides is 1. The van der Waals surface area contributed by atoms with Crippen molar-refractivity contribution in [2.24, 2.45) is 5.73 Å². The van der Waals surface area contributed by atoms with Gasteiger partial charge >= 0.3 is 0 Å². The summed E-state index contributed by atoms with van der Waals surface area (Å²) in [6.07, 6.45) is 4.30. The van der Waals surface area contributed by atoms with E-state index in [0.717, 1.165) is 32.2 Å². The van der Waals surface area contributed by atoms with E-state index in [9.17, 15) is 13.2 Å². The number of nitrogens with two attached hydrogens (primary N) is 1. The minimum absolute atomic E-state index is 0.0122. The normalized spacial score (nSPS) is 18.4. The zero-order valence-electron chi connectivity index (χ0n) is 10.2. The van der Waals surface area contributed by atoms with E-state index >= 15 is 0 Å². The number of nitrogens with zero attached hydrogens (tertiary/aromatic N) is 1. The monoisotopic (exact) mass is 263 g/mol. The van der Waals surface area contributed by atoms with Crippen molar-refractivity contribution in [3.05, 3.63) is 0 Å². The minimum Gasteiger partial charge on any atom is -0.341 e. The molecule has 3 N–H and O–H groups in total. The van der Waals surface area contributed by atoms with Crippen molar-refractivity contribution in [1.82, 2.24) is 9.62 Å². The van der Waals surface area contributed by atoms with Crippen LogP contribution in [0.3, 0.4) is 0 Å². The van der Waals surface area contributed by atoms with E-state index < -0.39 is 16.1 Å². The predicted molar refractivity (Wildman–Crippen MR) is 65.9 cm³/mol. The molecule has 0 bridgehead atoms. The summed E-state index contributed by atoms with van der Waals surface area (Å²) in [7, 11) is -3.14. The van der Waals surface area contributed by atoms with Crippen molar-refractivity contribution in [3.63, 3.8) is 0 Å². The molecule has 17 heavy (non-hydrogen) atoms. The number of likely N-dealkylation sites (tertiary alicyclic amines) is 1. The molecule has 6 nitrogen and oxygen atoms in total. The van der Waals surface area contributed by atoms with Crippen molar-refractivity contribution >= 4 is 15.9 Å². The van der Waals surface area contributed by atoms with Gasteiger partial charge in [-0.05, 0) is 25.7 Å². The van der Waals surface area contributed by atoms with Gasteiger partial charge in [0.05, 0.1) is 12.3 Å². The Morgan fingerprint density at radius 3 is 2.53 bits per heavy atom. The molecule has 1 amide bonds. The van der Waals surface area contributed by atoms with Gasteiger partial charge in [-0.1, -0.05) is 0 Å². The Kier molecular flexibility index (Phi) is 5.35. The van der Waals surface area contributed by atoms with Crippen molar-refractivity contribution in [2.45, 2.75) is 31.7 Å². The first kappa shape index (κ1) is 14.4. The van der Waals surface area contributed by atoms with Crippen LogP contribution in [0.15, 0.2) is 0 Å². The largest absolute Gasteiger partial charge is 0.341 e. The number of rotatable bonds is 6. The van der Waals surface area contributed by atoms with Crippen molar-refractivity contribution in [1.29, 1.82) is 0 Å². The van der Waals surface area contributed by atoms with Crippen LogP contribution in [0, 0.1) is 0 Å². The van der Waals surface area contributed by atoms with Crippen molar-refractivity contribution in [2.75, 3.05) is 25.9 Å². The molecule has 0 saturated carbocycles. The van der Waals surface area contributed by atoms with E-state index in [2.05, 4.69) is 4.72 Å². The maximum atomic E-state index is 11.8. The molecule has 7 heteroatoms. The highest BCUT2D eigenvalue weighted by Gasteiger charge is 2.23. The van der Waals surface area contributed by atoms with E-state index in [-0.39, 0.29) is 5.91 Å². The van der Waals surface area contributed by atoms with Crippen LogP contribution in [-0.4, -0.2) is 51.2 Å². The van der Waals surface area contributed by atoms with Crippen LogP contribution in [-0.2, 0) is 14.8 Å². The van der Waals surface area contributed by atoms with Crippen molar-refractivity contribution < 1.29 is 13.2 Å². The number of hydrogen-bond donors (Lipinski definition) is 2. The summed E-state index contributed by atoms with van der Waals surface area (Å²) in [4.78, 5) is 13.6. The van der Waals surface area contributed by atoms with Gasteiger partial charge in [0.25, 0.3) is 0 Å². The van der Waals surface area contributed by atoms with Gasteiger partial charge < -0.3 is 10.6 Å². The molecular weight excluding hydrogens is 242 g/mol. The number of hydrogen-bond acceptors (Lipinski definition) is 4. The molecule has 1 rings (SSSR count).